The minimum Gasteiger partial charge on any atom is -0.395 e. The van der Waals surface area contributed by atoms with Crippen LogP contribution in [0.15, 0.2) is 53.5 Å². The Morgan fingerprint density at radius 1 is 1.16 bits per heavy atom. The maximum atomic E-state index is 11.6. The first-order valence-corrected chi connectivity index (χ1v) is 6.14. The number of aromatic nitrogens is 1. The van der Waals surface area contributed by atoms with Crippen LogP contribution >= 0.6 is 0 Å². The Morgan fingerprint density at radius 3 is 2.84 bits per heavy atom. The van der Waals surface area contributed by atoms with Gasteiger partial charge in [-0.2, -0.15) is 0 Å². The van der Waals surface area contributed by atoms with Crippen molar-refractivity contribution in [3.05, 3.63) is 70.1 Å². The Bertz CT molecular complexity index is 662. The van der Waals surface area contributed by atoms with Crippen molar-refractivity contribution < 1.29 is 5.11 Å². The molecular weight excluding hydrogens is 238 g/mol. The third kappa shape index (κ3) is 3.84. The summed E-state index contributed by atoms with van der Waals surface area (Å²) in [6.07, 6.45) is 2.24. The lowest BCUT2D eigenvalue weighted by molar-refractivity contribution is 0.305. The molecule has 1 heterocycles. The van der Waals surface area contributed by atoms with Gasteiger partial charge in [0.05, 0.1) is 13.2 Å². The van der Waals surface area contributed by atoms with Crippen molar-refractivity contribution in [1.29, 1.82) is 0 Å². The number of benzene rings is 1. The fourth-order valence-electron chi connectivity index (χ4n) is 1.76. The molecule has 2 rings (SSSR count). The maximum absolute atomic E-state index is 11.6. The average molecular weight is 253 g/mol. The number of aliphatic hydroxyl groups is 1. The minimum atomic E-state index is -0.0146. The molecule has 19 heavy (non-hydrogen) atoms. The van der Waals surface area contributed by atoms with E-state index in [-0.39, 0.29) is 12.2 Å². The number of nitrogens with zero attached hydrogens (tertiary/aromatic N) is 1. The van der Waals surface area contributed by atoms with Gasteiger partial charge in [0.25, 0.3) is 5.56 Å². The van der Waals surface area contributed by atoms with Crippen LogP contribution in [0.3, 0.4) is 0 Å². The van der Waals surface area contributed by atoms with Gasteiger partial charge in [0.2, 0.25) is 0 Å². The molecule has 0 amide bonds. The molecule has 3 nitrogen and oxygen atoms in total. The van der Waals surface area contributed by atoms with Crippen molar-refractivity contribution in [2.45, 2.75) is 13.0 Å². The molecule has 0 aliphatic heterocycles. The molecule has 2 aromatic rings. The zero-order valence-corrected chi connectivity index (χ0v) is 10.5. The molecule has 0 saturated heterocycles. The van der Waals surface area contributed by atoms with Crippen molar-refractivity contribution in [1.82, 2.24) is 4.57 Å². The van der Waals surface area contributed by atoms with E-state index in [2.05, 4.69) is 11.8 Å². The van der Waals surface area contributed by atoms with Crippen LogP contribution in [0.1, 0.15) is 17.5 Å². The van der Waals surface area contributed by atoms with E-state index in [1.807, 2.05) is 30.3 Å². The Balaban J connectivity index is 2.19. The van der Waals surface area contributed by atoms with Crippen LogP contribution in [0.2, 0.25) is 0 Å². The normalized spacial score (nSPS) is 9.74. The molecule has 0 spiro atoms. The van der Waals surface area contributed by atoms with E-state index in [1.54, 1.807) is 22.9 Å². The summed E-state index contributed by atoms with van der Waals surface area (Å²) in [5, 5.41) is 8.68. The van der Waals surface area contributed by atoms with Gasteiger partial charge in [0.1, 0.15) is 0 Å². The predicted molar refractivity (Wildman–Crippen MR) is 74.8 cm³/mol. The molecule has 1 aromatic heterocycles. The summed E-state index contributed by atoms with van der Waals surface area (Å²) in [6, 6.07) is 12.9. The SMILES string of the molecule is O=c1ccccn1Cc1cccc(C#CCCO)c1. The Labute approximate surface area is 112 Å². The number of hydrogen-bond acceptors (Lipinski definition) is 2. The van der Waals surface area contributed by atoms with Gasteiger partial charge in [-0.1, -0.05) is 30.0 Å². The molecule has 3 heteroatoms. The molecule has 1 aromatic carbocycles. The monoisotopic (exact) mass is 253 g/mol. The molecule has 0 atom stereocenters. The van der Waals surface area contributed by atoms with Gasteiger partial charge >= 0.3 is 0 Å². The second-order valence-electron chi connectivity index (χ2n) is 4.14. The van der Waals surface area contributed by atoms with Crippen molar-refractivity contribution in [2.75, 3.05) is 6.61 Å². The third-order valence-electron chi connectivity index (χ3n) is 2.65. The van der Waals surface area contributed by atoms with E-state index in [0.29, 0.717) is 13.0 Å². The smallest absolute Gasteiger partial charge is 0.250 e. The van der Waals surface area contributed by atoms with Crippen LogP contribution < -0.4 is 5.56 Å². The molecule has 0 bridgehead atoms. The summed E-state index contributed by atoms with van der Waals surface area (Å²) in [6.45, 7) is 0.612. The van der Waals surface area contributed by atoms with E-state index in [0.717, 1.165) is 11.1 Å². The summed E-state index contributed by atoms with van der Waals surface area (Å²) in [5.74, 6) is 5.87. The van der Waals surface area contributed by atoms with Gasteiger partial charge in [0, 0.05) is 24.2 Å². The van der Waals surface area contributed by atoms with E-state index in [4.69, 9.17) is 5.11 Å². The van der Waals surface area contributed by atoms with Crippen molar-refractivity contribution in [2.24, 2.45) is 0 Å². The molecule has 0 saturated carbocycles. The first-order valence-electron chi connectivity index (χ1n) is 6.14. The van der Waals surface area contributed by atoms with Crippen LogP contribution in [-0.2, 0) is 6.54 Å². The highest BCUT2D eigenvalue weighted by Crippen LogP contribution is 2.05. The standard InChI is InChI=1S/C16H15NO2/c18-11-4-2-6-14-7-5-8-15(12-14)13-17-10-3-1-9-16(17)19/h1,3,5,7-10,12,18H,4,11,13H2. The first-order chi connectivity index (χ1) is 9.29. The van der Waals surface area contributed by atoms with Gasteiger partial charge in [-0.15, -0.1) is 0 Å². The second-order valence-corrected chi connectivity index (χ2v) is 4.14. The molecule has 0 radical (unpaired) electrons. The summed E-state index contributed by atoms with van der Waals surface area (Å²) < 4.78 is 1.65. The van der Waals surface area contributed by atoms with Crippen molar-refractivity contribution in [3.63, 3.8) is 0 Å². The molecule has 0 aliphatic carbocycles. The van der Waals surface area contributed by atoms with Gasteiger partial charge in [-0.25, -0.2) is 0 Å². The molecule has 0 fully saturated rings. The quantitative estimate of drug-likeness (QED) is 0.845. The molecule has 0 unspecified atom stereocenters. The van der Waals surface area contributed by atoms with Crippen molar-refractivity contribution >= 4 is 0 Å². The number of pyridine rings is 1. The fourth-order valence-corrected chi connectivity index (χ4v) is 1.76. The van der Waals surface area contributed by atoms with E-state index in [9.17, 15) is 4.79 Å². The fraction of sp³-hybridized carbons (Fsp3) is 0.188. The van der Waals surface area contributed by atoms with Crippen LogP contribution in [0.4, 0.5) is 0 Å². The average Bonchev–Trinajstić information content (AvgIpc) is 2.42. The van der Waals surface area contributed by atoms with Crippen molar-refractivity contribution in [3.8, 4) is 11.8 Å². The first kappa shape index (κ1) is 13.1. The van der Waals surface area contributed by atoms with Gasteiger partial charge < -0.3 is 9.67 Å². The Morgan fingerprint density at radius 2 is 2.05 bits per heavy atom. The molecule has 0 aliphatic rings. The molecular formula is C16H15NO2. The summed E-state index contributed by atoms with van der Waals surface area (Å²) in [5.41, 5.74) is 1.92. The highest BCUT2D eigenvalue weighted by atomic mass is 16.2. The summed E-state index contributed by atoms with van der Waals surface area (Å²) in [7, 11) is 0. The largest absolute Gasteiger partial charge is 0.395 e. The summed E-state index contributed by atoms with van der Waals surface area (Å²) in [4.78, 5) is 11.6. The van der Waals surface area contributed by atoms with Crippen LogP contribution in [0.5, 0.6) is 0 Å². The predicted octanol–water partition coefficient (Wildman–Crippen LogP) is 1.63. The highest BCUT2D eigenvalue weighted by molar-refractivity contribution is 5.37. The lowest BCUT2D eigenvalue weighted by Gasteiger charge is -2.05. The maximum Gasteiger partial charge on any atom is 0.250 e. The van der Waals surface area contributed by atoms with Crippen LogP contribution in [-0.4, -0.2) is 16.3 Å². The molecule has 1 N–H and O–H groups in total. The van der Waals surface area contributed by atoms with Gasteiger partial charge in [-0.3, -0.25) is 4.79 Å². The van der Waals surface area contributed by atoms with E-state index >= 15 is 0 Å². The zero-order chi connectivity index (χ0) is 13.5. The topological polar surface area (TPSA) is 42.2 Å². The van der Waals surface area contributed by atoms with Crippen LogP contribution in [0.25, 0.3) is 0 Å². The minimum absolute atomic E-state index is 0.0146. The summed E-state index contributed by atoms with van der Waals surface area (Å²) >= 11 is 0. The third-order valence-corrected chi connectivity index (χ3v) is 2.65. The number of hydrogen-bond donors (Lipinski definition) is 1. The van der Waals surface area contributed by atoms with E-state index < -0.39 is 0 Å². The highest BCUT2D eigenvalue weighted by Gasteiger charge is 1.97. The van der Waals surface area contributed by atoms with Gasteiger partial charge in [0.15, 0.2) is 0 Å². The van der Waals surface area contributed by atoms with Gasteiger partial charge in [-0.05, 0) is 23.8 Å². The lowest BCUT2D eigenvalue weighted by atomic mass is 10.1. The lowest BCUT2D eigenvalue weighted by Crippen LogP contribution is -2.18. The second kappa shape index (κ2) is 6.58. The zero-order valence-electron chi connectivity index (χ0n) is 10.5. The van der Waals surface area contributed by atoms with E-state index in [1.165, 1.54) is 0 Å². The number of rotatable bonds is 3. The number of aliphatic hydroxyl groups excluding tert-OH is 1. The Hall–Kier alpha value is -2.31. The van der Waals surface area contributed by atoms with Crippen LogP contribution in [0, 0.1) is 11.8 Å². The molecule has 96 valence electrons. The Kier molecular flexibility index (Phi) is 4.54.